The van der Waals surface area contributed by atoms with Crippen molar-refractivity contribution in [2.24, 2.45) is 0 Å². The lowest BCUT2D eigenvalue weighted by molar-refractivity contribution is 0.0746. The summed E-state index contributed by atoms with van der Waals surface area (Å²) in [6.45, 7) is 5.21. The molecule has 1 fully saturated rings. The number of piperazine rings is 1. The molecule has 1 amide bonds. The van der Waals surface area contributed by atoms with Crippen LogP contribution in [0.15, 0.2) is 36.4 Å². The molecule has 3 rings (SSSR count). The molecule has 2 aromatic rings. The van der Waals surface area contributed by atoms with E-state index in [1.807, 2.05) is 42.2 Å². The maximum absolute atomic E-state index is 12.6. The average molecular weight is 342 g/mol. The Hall–Kier alpha value is -2.83. The van der Waals surface area contributed by atoms with E-state index in [2.05, 4.69) is 15.1 Å². The van der Waals surface area contributed by atoms with Crippen molar-refractivity contribution in [2.75, 3.05) is 44.8 Å². The summed E-state index contributed by atoms with van der Waals surface area (Å²) in [5.74, 6) is 2.04. The standard InChI is InChI=1S/C18H22N4O3/c1-3-25-17-8-7-16(19-20-17)21-9-11-22(12-10-21)18(23)14-5-4-6-15(13-14)24-2/h4-8,13H,3,9-12H2,1-2H3. The van der Waals surface area contributed by atoms with Crippen molar-refractivity contribution in [2.45, 2.75) is 6.92 Å². The van der Waals surface area contributed by atoms with Gasteiger partial charge >= 0.3 is 0 Å². The maximum atomic E-state index is 12.6. The van der Waals surface area contributed by atoms with Crippen LogP contribution in [0.2, 0.25) is 0 Å². The number of methoxy groups -OCH3 is 1. The van der Waals surface area contributed by atoms with E-state index in [-0.39, 0.29) is 5.91 Å². The Balaban J connectivity index is 1.60. The van der Waals surface area contributed by atoms with Gasteiger partial charge in [-0.3, -0.25) is 4.79 Å². The molecule has 2 heterocycles. The maximum Gasteiger partial charge on any atom is 0.254 e. The molecule has 0 saturated carbocycles. The van der Waals surface area contributed by atoms with Gasteiger partial charge in [0.05, 0.1) is 13.7 Å². The van der Waals surface area contributed by atoms with Crippen LogP contribution < -0.4 is 14.4 Å². The van der Waals surface area contributed by atoms with Crippen molar-refractivity contribution in [1.82, 2.24) is 15.1 Å². The van der Waals surface area contributed by atoms with E-state index < -0.39 is 0 Å². The average Bonchev–Trinajstić information content (AvgIpc) is 2.68. The topological polar surface area (TPSA) is 67.8 Å². The number of carbonyl (C=O) groups is 1. The molecule has 1 aliphatic rings. The highest BCUT2D eigenvalue weighted by atomic mass is 16.5. The Morgan fingerprint density at radius 1 is 1.12 bits per heavy atom. The minimum Gasteiger partial charge on any atom is -0.497 e. The number of benzene rings is 1. The molecule has 0 aliphatic carbocycles. The summed E-state index contributed by atoms with van der Waals surface area (Å²) in [6.07, 6.45) is 0. The number of hydrogen-bond donors (Lipinski definition) is 0. The summed E-state index contributed by atoms with van der Waals surface area (Å²) in [4.78, 5) is 16.6. The highest BCUT2D eigenvalue weighted by Gasteiger charge is 2.23. The van der Waals surface area contributed by atoms with Gasteiger partial charge in [-0.2, -0.15) is 0 Å². The third-order valence-corrected chi connectivity index (χ3v) is 4.13. The molecule has 1 saturated heterocycles. The third kappa shape index (κ3) is 3.99. The lowest BCUT2D eigenvalue weighted by Crippen LogP contribution is -2.49. The second kappa shape index (κ2) is 7.83. The first-order valence-corrected chi connectivity index (χ1v) is 8.36. The Morgan fingerprint density at radius 2 is 1.92 bits per heavy atom. The number of aromatic nitrogens is 2. The van der Waals surface area contributed by atoms with Crippen LogP contribution in [0.4, 0.5) is 5.82 Å². The molecule has 0 unspecified atom stereocenters. The van der Waals surface area contributed by atoms with E-state index in [0.29, 0.717) is 36.9 Å². The van der Waals surface area contributed by atoms with E-state index in [9.17, 15) is 4.79 Å². The van der Waals surface area contributed by atoms with E-state index in [1.54, 1.807) is 13.2 Å². The van der Waals surface area contributed by atoms with Gasteiger partial charge in [0.15, 0.2) is 5.82 Å². The predicted molar refractivity (Wildman–Crippen MR) is 94.3 cm³/mol. The predicted octanol–water partition coefficient (Wildman–Crippen LogP) is 1.85. The van der Waals surface area contributed by atoms with Gasteiger partial charge in [0.25, 0.3) is 5.91 Å². The lowest BCUT2D eigenvalue weighted by atomic mass is 10.1. The summed E-state index contributed by atoms with van der Waals surface area (Å²) < 4.78 is 10.5. The molecule has 0 atom stereocenters. The van der Waals surface area contributed by atoms with Crippen molar-refractivity contribution < 1.29 is 14.3 Å². The summed E-state index contributed by atoms with van der Waals surface area (Å²) >= 11 is 0. The Bertz CT molecular complexity index is 713. The van der Waals surface area contributed by atoms with Gasteiger partial charge in [0.2, 0.25) is 5.88 Å². The monoisotopic (exact) mass is 342 g/mol. The largest absolute Gasteiger partial charge is 0.497 e. The Labute approximate surface area is 147 Å². The fraction of sp³-hybridized carbons (Fsp3) is 0.389. The van der Waals surface area contributed by atoms with Crippen LogP contribution in [0.3, 0.4) is 0 Å². The zero-order valence-corrected chi connectivity index (χ0v) is 14.5. The molecule has 1 aromatic heterocycles. The smallest absolute Gasteiger partial charge is 0.254 e. The second-order valence-electron chi connectivity index (χ2n) is 5.67. The van der Waals surface area contributed by atoms with Gasteiger partial charge in [-0.25, -0.2) is 0 Å². The minimum absolute atomic E-state index is 0.0244. The number of anilines is 1. The van der Waals surface area contributed by atoms with E-state index in [1.165, 1.54) is 0 Å². The molecular weight excluding hydrogens is 320 g/mol. The van der Waals surface area contributed by atoms with Crippen LogP contribution in [0, 0.1) is 0 Å². The van der Waals surface area contributed by atoms with Crippen LogP contribution in [-0.4, -0.2) is 60.9 Å². The number of nitrogens with zero attached hydrogens (tertiary/aromatic N) is 4. The van der Waals surface area contributed by atoms with Crippen molar-refractivity contribution in [3.05, 3.63) is 42.0 Å². The fourth-order valence-electron chi connectivity index (χ4n) is 2.78. The SMILES string of the molecule is CCOc1ccc(N2CCN(C(=O)c3cccc(OC)c3)CC2)nn1. The van der Waals surface area contributed by atoms with Gasteiger partial charge < -0.3 is 19.3 Å². The number of ether oxygens (including phenoxy) is 2. The number of rotatable bonds is 5. The van der Waals surface area contributed by atoms with Crippen molar-refractivity contribution >= 4 is 11.7 Å². The molecule has 1 aromatic carbocycles. The summed E-state index contributed by atoms with van der Waals surface area (Å²) in [7, 11) is 1.60. The van der Waals surface area contributed by atoms with Crippen LogP contribution in [-0.2, 0) is 0 Å². The number of hydrogen-bond acceptors (Lipinski definition) is 6. The first kappa shape index (κ1) is 17.0. The second-order valence-corrected chi connectivity index (χ2v) is 5.67. The summed E-state index contributed by atoms with van der Waals surface area (Å²) in [6, 6.07) is 11.0. The highest BCUT2D eigenvalue weighted by Crippen LogP contribution is 2.18. The molecule has 25 heavy (non-hydrogen) atoms. The molecular formula is C18H22N4O3. The zero-order valence-electron chi connectivity index (χ0n) is 14.5. The van der Waals surface area contributed by atoms with Crippen molar-refractivity contribution in [1.29, 1.82) is 0 Å². The Kier molecular flexibility index (Phi) is 5.33. The van der Waals surface area contributed by atoms with Crippen LogP contribution >= 0.6 is 0 Å². The first-order valence-electron chi connectivity index (χ1n) is 8.36. The zero-order chi connectivity index (χ0) is 17.6. The molecule has 132 valence electrons. The minimum atomic E-state index is 0.0244. The number of carbonyl (C=O) groups excluding carboxylic acids is 1. The van der Waals surface area contributed by atoms with Crippen LogP contribution in [0.1, 0.15) is 17.3 Å². The molecule has 0 spiro atoms. The molecule has 7 nitrogen and oxygen atoms in total. The van der Waals surface area contributed by atoms with Crippen LogP contribution in [0.5, 0.6) is 11.6 Å². The molecule has 7 heteroatoms. The van der Waals surface area contributed by atoms with Gasteiger partial charge in [-0.05, 0) is 31.2 Å². The molecule has 0 bridgehead atoms. The fourth-order valence-corrected chi connectivity index (χ4v) is 2.78. The van der Waals surface area contributed by atoms with Gasteiger partial charge in [-0.15, -0.1) is 10.2 Å². The quantitative estimate of drug-likeness (QED) is 0.826. The third-order valence-electron chi connectivity index (χ3n) is 4.13. The highest BCUT2D eigenvalue weighted by molar-refractivity contribution is 5.94. The van der Waals surface area contributed by atoms with Gasteiger partial charge in [0, 0.05) is 37.8 Å². The number of amides is 1. The van der Waals surface area contributed by atoms with E-state index in [0.717, 1.165) is 18.9 Å². The normalized spacial score (nSPS) is 14.3. The summed E-state index contributed by atoms with van der Waals surface area (Å²) in [5.41, 5.74) is 0.647. The van der Waals surface area contributed by atoms with Gasteiger partial charge in [-0.1, -0.05) is 6.07 Å². The molecule has 0 N–H and O–H groups in total. The van der Waals surface area contributed by atoms with Gasteiger partial charge in [0.1, 0.15) is 5.75 Å². The van der Waals surface area contributed by atoms with Crippen molar-refractivity contribution in [3.63, 3.8) is 0 Å². The first-order chi connectivity index (χ1) is 12.2. The summed E-state index contributed by atoms with van der Waals surface area (Å²) in [5, 5.41) is 8.26. The van der Waals surface area contributed by atoms with Crippen molar-refractivity contribution in [3.8, 4) is 11.6 Å². The van der Waals surface area contributed by atoms with E-state index in [4.69, 9.17) is 9.47 Å². The molecule has 1 aliphatic heterocycles. The Morgan fingerprint density at radius 3 is 2.56 bits per heavy atom. The lowest BCUT2D eigenvalue weighted by Gasteiger charge is -2.35. The molecule has 0 radical (unpaired) electrons. The van der Waals surface area contributed by atoms with E-state index >= 15 is 0 Å². The van der Waals surface area contributed by atoms with Crippen LogP contribution in [0.25, 0.3) is 0 Å².